The van der Waals surface area contributed by atoms with E-state index in [1.165, 1.54) is 37.1 Å². The lowest BCUT2D eigenvalue weighted by atomic mass is 10.1. The molecule has 0 amide bonds. The van der Waals surface area contributed by atoms with Crippen molar-refractivity contribution in [2.24, 2.45) is 0 Å². The smallest absolute Gasteiger partial charge is 0.0312 e. The topological polar surface area (TPSA) is 32.3 Å². The molecule has 4 rings (SSSR count). The summed E-state index contributed by atoms with van der Waals surface area (Å²) in [7, 11) is 0. The number of rotatable bonds is 4. The number of fused-ring (bicyclic) bond motifs is 1. The molecule has 0 unspecified atom stereocenters. The van der Waals surface area contributed by atoms with Crippen LogP contribution >= 0.6 is 0 Å². The Kier molecular flexibility index (Phi) is 3.87. The summed E-state index contributed by atoms with van der Waals surface area (Å²) in [5, 5.41) is 0. The Hall–Kier alpha value is -1.78. The summed E-state index contributed by atoms with van der Waals surface area (Å²) in [6, 6.07) is 9.85. The third kappa shape index (κ3) is 2.76. The van der Waals surface area contributed by atoms with Crippen LogP contribution in [-0.4, -0.2) is 44.9 Å². The van der Waals surface area contributed by atoms with Gasteiger partial charge in [-0.15, -0.1) is 0 Å². The first-order valence-electron chi connectivity index (χ1n) is 8.16. The molecular formula is C18H22N4. The van der Waals surface area contributed by atoms with E-state index in [1.807, 2.05) is 36.9 Å². The molecule has 0 bridgehead atoms. The second-order valence-corrected chi connectivity index (χ2v) is 6.38. The Bertz CT molecular complexity index is 545. The lowest BCUT2D eigenvalue weighted by Gasteiger charge is -2.25. The zero-order chi connectivity index (χ0) is 14.8. The van der Waals surface area contributed by atoms with E-state index >= 15 is 0 Å². The van der Waals surface area contributed by atoms with Crippen LogP contribution in [0.5, 0.6) is 0 Å². The number of nitrogens with zero attached hydrogens (tertiary/aromatic N) is 4. The summed E-state index contributed by atoms with van der Waals surface area (Å²) in [6.07, 6.45) is 10.3. The maximum absolute atomic E-state index is 4.24. The van der Waals surface area contributed by atoms with Crippen molar-refractivity contribution in [3.05, 3.63) is 60.2 Å². The summed E-state index contributed by atoms with van der Waals surface area (Å²) in [5.74, 6) is 0. The summed E-state index contributed by atoms with van der Waals surface area (Å²) in [5.41, 5.74) is 2.66. The highest BCUT2D eigenvalue weighted by molar-refractivity contribution is 5.12. The highest BCUT2D eigenvalue weighted by Crippen LogP contribution is 2.33. The number of hydrogen-bond acceptors (Lipinski definition) is 4. The first-order valence-corrected chi connectivity index (χ1v) is 8.16. The van der Waals surface area contributed by atoms with E-state index < -0.39 is 0 Å². The predicted molar refractivity (Wildman–Crippen MR) is 86.1 cm³/mol. The van der Waals surface area contributed by atoms with Crippen molar-refractivity contribution in [3.8, 4) is 0 Å². The monoisotopic (exact) mass is 294 g/mol. The Morgan fingerprint density at radius 1 is 0.818 bits per heavy atom. The number of aromatic nitrogens is 2. The molecular weight excluding hydrogens is 272 g/mol. The molecule has 2 saturated heterocycles. The highest BCUT2D eigenvalue weighted by Gasteiger charge is 2.41. The summed E-state index contributed by atoms with van der Waals surface area (Å²) in [4.78, 5) is 13.8. The van der Waals surface area contributed by atoms with Gasteiger partial charge in [-0.3, -0.25) is 19.8 Å². The fraction of sp³-hybridized carbons (Fsp3) is 0.444. The minimum absolute atomic E-state index is 0.705. The zero-order valence-electron chi connectivity index (χ0n) is 12.8. The minimum Gasteiger partial charge on any atom is -0.294 e. The van der Waals surface area contributed by atoms with Crippen molar-refractivity contribution in [1.29, 1.82) is 0 Å². The van der Waals surface area contributed by atoms with Crippen molar-refractivity contribution in [2.45, 2.75) is 38.0 Å². The van der Waals surface area contributed by atoms with Gasteiger partial charge in [0.05, 0.1) is 0 Å². The molecule has 2 fully saturated rings. The van der Waals surface area contributed by atoms with Crippen molar-refractivity contribution in [2.75, 3.05) is 13.1 Å². The van der Waals surface area contributed by atoms with Crippen LogP contribution in [0.4, 0.5) is 0 Å². The molecule has 0 saturated carbocycles. The molecule has 4 heterocycles. The van der Waals surface area contributed by atoms with Gasteiger partial charge >= 0.3 is 0 Å². The third-order valence-corrected chi connectivity index (χ3v) is 5.02. The molecule has 2 aliphatic rings. The van der Waals surface area contributed by atoms with E-state index in [9.17, 15) is 0 Å². The molecule has 0 N–H and O–H groups in total. The predicted octanol–water partition coefficient (Wildman–Crippen LogP) is 2.33. The molecule has 114 valence electrons. The number of likely N-dealkylation sites (tertiary alicyclic amines) is 2. The normalized spacial score (nSPS) is 25.5. The van der Waals surface area contributed by atoms with Gasteiger partial charge in [0.15, 0.2) is 0 Å². The van der Waals surface area contributed by atoms with Crippen LogP contribution in [0.1, 0.15) is 24.0 Å². The first kappa shape index (κ1) is 13.9. The average Bonchev–Trinajstić information content (AvgIpc) is 3.14. The fourth-order valence-corrected chi connectivity index (χ4v) is 4.01. The number of pyridine rings is 2. The van der Waals surface area contributed by atoms with Crippen molar-refractivity contribution in [1.82, 2.24) is 19.8 Å². The standard InChI is InChI=1S/C18H22N4/c1-3-15(11-19-7-1)13-21-9-5-18-17(21)6-10-22(18)14-16-4-2-8-20-12-16/h1-4,7-8,11-12,17-18H,5-6,9-10,13-14H2/t17-,18+. The maximum atomic E-state index is 4.24. The molecule has 0 aromatic carbocycles. The molecule has 0 radical (unpaired) electrons. The Balaban J connectivity index is 1.41. The number of hydrogen-bond donors (Lipinski definition) is 0. The van der Waals surface area contributed by atoms with Gasteiger partial charge in [-0.05, 0) is 36.1 Å². The van der Waals surface area contributed by atoms with Crippen molar-refractivity contribution >= 4 is 0 Å². The van der Waals surface area contributed by atoms with Crippen LogP contribution in [0.25, 0.3) is 0 Å². The molecule has 2 aromatic heterocycles. The van der Waals surface area contributed by atoms with Gasteiger partial charge in [-0.25, -0.2) is 0 Å². The van der Waals surface area contributed by atoms with Gasteiger partial charge in [0.2, 0.25) is 0 Å². The SMILES string of the molecule is c1cncc(CN2CC[C@H]3[C@H]2CCN3Cc2cccnc2)c1. The lowest BCUT2D eigenvalue weighted by molar-refractivity contribution is 0.212. The molecule has 4 nitrogen and oxygen atoms in total. The van der Waals surface area contributed by atoms with E-state index in [4.69, 9.17) is 0 Å². The van der Waals surface area contributed by atoms with Crippen LogP contribution in [0.2, 0.25) is 0 Å². The molecule has 22 heavy (non-hydrogen) atoms. The van der Waals surface area contributed by atoms with E-state index in [0.717, 1.165) is 13.1 Å². The van der Waals surface area contributed by atoms with E-state index in [-0.39, 0.29) is 0 Å². The molecule has 0 spiro atoms. The fourth-order valence-electron chi connectivity index (χ4n) is 4.01. The van der Waals surface area contributed by atoms with Gasteiger partial charge in [-0.2, -0.15) is 0 Å². The van der Waals surface area contributed by atoms with Crippen LogP contribution < -0.4 is 0 Å². The van der Waals surface area contributed by atoms with Gasteiger partial charge in [0.25, 0.3) is 0 Å². The Morgan fingerprint density at radius 2 is 1.32 bits per heavy atom. The van der Waals surface area contributed by atoms with Gasteiger partial charge in [0, 0.05) is 63.1 Å². The maximum Gasteiger partial charge on any atom is 0.0312 e. The second kappa shape index (κ2) is 6.15. The van der Waals surface area contributed by atoms with E-state index in [1.54, 1.807) is 0 Å². The lowest BCUT2D eigenvalue weighted by Crippen LogP contribution is -2.36. The van der Waals surface area contributed by atoms with Crippen LogP contribution in [0, 0.1) is 0 Å². The van der Waals surface area contributed by atoms with E-state index in [0.29, 0.717) is 12.1 Å². The van der Waals surface area contributed by atoms with E-state index in [2.05, 4.69) is 31.9 Å². The minimum atomic E-state index is 0.705. The van der Waals surface area contributed by atoms with Crippen LogP contribution in [0.3, 0.4) is 0 Å². The highest BCUT2D eigenvalue weighted by atomic mass is 15.3. The van der Waals surface area contributed by atoms with Crippen LogP contribution in [-0.2, 0) is 13.1 Å². The molecule has 2 aliphatic heterocycles. The zero-order valence-corrected chi connectivity index (χ0v) is 12.8. The van der Waals surface area contributed by atoms with Crippen LogP contribution in [0.15, 0.2) is 49.1 Å². The van der Waals surface area contributed by atoms with Crippen molar-refractivity contribution in [3.63, 3.8) is 0 Å². The quantitative estimate of drug-likeness (QED) is 0.866. The summed E-state index contributed by atoms with van der Waals surface area (Å²) < 4.78 is 0. The Labute approximate surface area is 131 Å². The van der Waals surface area contributed by atoms with Gasteiger partial charge in [-0.1, -0.05) is 12.1 Å². The van der Waals surface area contributed by atoms with Crippen molar-refractivity contribution < 1.29 is 0 Å². The molecule has 2 atom stereocenters. The summed E-state index contributed by atoms with van der Waals surface area (Å²) in [6.45, 7) is 4.48. The molecule has 2 aromatic rings. The second-order valence-electron chi connectivity index (χ2n) is 6.38. The third-order valence-electron chi connectivity index (χ3n) is 5.02. The largest absolute Gasteiger partial charge is 0.294 e. The Morgan fingerprint density at radius 3 is 1.73 bits per heavy atom. The molecule has 0 aliphatic carbocycles. The van der Waals surface area contributed by atoms with Gasteiger partial charge in [0.1, 0.15) is 0 Å². The van der Waals surface area contributed by atoms with Gasteiger partial charge < -0.3 is 0 Å². The average molecular weight is 294 g/mol. The molecule has 4 heteroatoms. The first-order chi connectivity index (χ1) is 10.9. The summed E-state index contributed by atoms with van der Waals surface area (Å²) >= 11 is 0.